The zero-order valence-corrected chi connectivity index (χ0v) is 14.9. The molecule has 2 aromatic carbocycles. The van der Waals surface area contributed by atoms with Crippen LogP contribution in [0.15, 0.2) is 12.1 Å². The highest BCUT2D eigenvalue weighted by Gasteiger charge is 2.44. The van der Waals surface area contributed by atoms with Crippen LogP contribution in [0.1, 0.15) is 33.7 Å². The molecule has 0 bridgehead atoms. The SMILES string of the molecule is [C-]#[N+]c1cc2c(c([N+]#[C-])c1[N+]#[C-])C(C(C#N)[N+]#[C-])c1c-2cc(C#N)c(C#N)c1C#N. The van der Waals surface area contributed by atoms with Crippen molar-refractivity contribution in [2.24, 2.45) is 0 Å². The summed E-state index contributed by atoms with van der Waals surface area (Å²) < 4.78 is 0. The summed E-state index contributed by atoms with van der Waals surface area (Å²) in [5, 5.41) is 38.3. The van der Waals surface area contributed by atoms with E-state index in [4.69, 9.17) is 26.3 Å². The summed E-state index contributed by atoms with van der Waals surface area (Å²) in [6.07, 6.45) is 0. The van der Waals surface area contributed by atoms with Crippen molar-refractivity contribution in [3.63, 3.8) is 0 Å². The lowest BCUT2D eigenvalue weighted by Crippen LogP contribution is -2.14. The molecule has 0 N–H and O–H groups in total. The summed E-state index contributed by atoms with van der Waals surface area (Å²) in [4.78, 5) is 13.4. The first-order valence-electron chi connectivity index (χ1n) is 8.07. The minimum absolute atomic E-state index is 0.0706. The van der Waals surface area contributed by atoms with Gasteiger partial charge in [-0.3, -0.25) is 19.4 Å². The first-order valence-corrected chi connectivity index (χ1v) is 8.07. The molecule has 0 radical (unpaired) electrons. The average molecular weight is 380 g/mol. The largest absolute Gasteiger partial charge is 0.316 e. The first-order chi connectivity index (χ1) is 14.6. The second kappa shape index (κ2) is 7.17. The van der Waals surface area contributed by atoms with Crippen LogP contribution in [0.2, 0.25) is 0 Å². The Hall–Kier alpha value is -5.64. The molecule has 2 aromatic rings. The Morgan fingerprint density at radius 2 is 1.40 bits per heavy atom. The third kappa shape index (κ3) is 2.32. The topological polar surface area (TPSA) is 113 Å². The fraction of sp³-hybridized carbons (Fsp3) is 0.0909. The standard InChI is InChI=1S/C22H4N8/c1-27-16-6-13-12-5-11(7-23)14(8-24)15(9-25)18(12)20(17(10-26)28-2)19(13)22(30-4)21(16)29-3/h5-6,17,20H. The Labute approximate surface area is 171 Å². The average Bonchev–Trinajstić information content (AvgIpc) is 3.10. The van der Waals surface area contributed by atoms with E-state index in [9.17, 15) is 21.0 Å². The number of rotatable bonds is 1. The van der Waals surface area contributed by atoms with Crippen molar-refractivity contribution in [3.8, 4) is 35.4 Å². The highest BCUT2D eigenvalue weighted by atomic mass is 14.8. The molecule has 0 spiro atoms. The number of fused-ring (bicyclic) bond motifs is 3. The Kier molecular flexibility index (Phi) is 4.57. The van der Waals surface area contributed by atoms with Crippen LogP contribution in [0.4, 0.5) is 17.1 Å². The van der Waals surface area contributed by atoms with Gasteiger partial charge in [0.2, 0.25) is 5.69 Å². The van der Waals surface area contributed by atoms with Crippen molar-refractivity contribution < 1.29 is 0 Å². The van der Waals surface area contributed by atoms with Crippen LogP contribution in [-0.2, 0) is 0 Å². The summed E-state index contributed by atoms with van der Waals surface area (Å²) >= 11 is 0. The van der Waals surface area contributed by atoms with Crippen molar-refractivity contribution in [3.05, 3.63) is 85.6 Å². The molecule has 2 atom stereocenters. The van der Waals surface area contributed by atoms with E-state index < -0.39 is 12.0 Å². The van der Waals surface area contributed by atoms with E-state index in [0.29, 0.717) is 11.1 Å². The lowest BCUT2D eigenvalue weighted by Gasteiger charge is -2.15. The molecular weight excluding hydrogens is 376 g/mol. The second-order valence-electron chi connectivity index (χ2n) is 6.04. The monoisotopic (exact) mass is 380 g/mol. The molecule has 2 unspecified atom stereocenters. The molecule has 30 heavy (non-hydrogen) atoms. The zero-order chi connectivity index (χ0) is 22.0. The molecule has 0 amide bonds. The molecule has 0 aliphatic heterocycles. The molecule has 8 nitrogen and oxygen atoms in total. The summed E-state index contributed by atoms with van der Waals surface area (Å²) in [5.41, 5.74) is 0.137. The summed E-state index contributed by atoms with van der Waals surface area (Å²) in [6.45, 7) is 29.8. The van der Waals surface area contributed by atoms with Crippen molar-refractivity contribution in [1.82, 2.24) is 0 Å². The van der Waals surface area contributed by atoms with Crippen molar-refractivity contribution in [2.45, 2.75) is 12.0 Å². The van der Waals surface area contributed by atoms with Gasteiger partial charge in [0.05, 0.1) is 42.3 Å². The van der Waals surface area contributed by atoms with Gasteiger partial charge in [0, 0.05) is 0 Å². The van der Waals surface area contributed by atoms with Crippen molar-refractivity contribution >= 4 is 17.1 Å². The Bertz CT molecular complexity index is 1380. The fourth-order valence-corrected chi connectivity index (χ4v) is 3.71. The lowest BCUT2D eigenvalue weighted by molar-refractivity contribution is 0.808. The molecule has 8 heteroatoms. The third-order valence-electron chi connectivity index (χ3n) is 4.85. The second-order valence-corrected chi connectivity index (χ2v) is 6.04. The van der Waals surface area contributed by atoms with E-state index in [-0.39, 0.29) is 44.9 Å². The van der Waals surface area contributed by atoms with Crippen LogP contribution >= 0.6 is 0 Å². The highest BCUT2D eigenvalue weighted by molar-refractivity contribution is 5.98. The molecular formula is C22H4N8. The molecule has 1 aliphatic rings. The van der Waals surface area contributed by atoms with Crippen molar-refractivity contribution in [1.29, 1.82) is 21.0 Å². The van der Waals surface area contributed by atoms with Gasteiger partial charge in [0.25, 0.3) is 0 Å². The maximum Gasteiger partial charge on any atom is 0.316 e. The number of benzene rings is 2. The van der Waals surface area contributed by atoms with Gasteiger partial charge >= 0.3 is 6.04 Å². The predicted octanol–water partition coefficient (Wildman–Crippen LogP) is 4.88. The van der Waals surface area contributed by atoms with E-state index >= 15 is 0 Å². The smallest absolute Gasteiger partial charge is 0.296 e. The third-order valence-corrected chi connectivity index (χ3v) is 4.85. The van der Waals surface area contributed by atoms with Gasteiger partial charge in [0.15, 0.2) is 17.4 Å². The van der Waals surface area contributed by atoms with Crippen LogP contribution in [-0.4, -0.2) is 6.04 Å². The lowest BCUT2D eigenvalue weighted by atomic mass is 9.84. The zero-order valence-electron chi connectivity index (χ0n) is 14.9. The number of nitriles is 4. The predicted molar refractivity (Wildman–Crippen MR) is 103 cm³/mol. The first kappa shape index (κ1) is 19.1. The summed E-state index contributed by atoms with van der Waals surface area (Å²) in [5.74, 6) is -1.07. The van der Waals surface area contributed by atoms with E-state index in [2.05, 4.69) is 19.4 Å². The molecule has 0 saturated heterocycles. The quantitative estimate of drug-likeness (QED) is 0.656. The van der Waals surface area contributed by atoms with Crippen LogP contribution in [0, 0.1) is 71.6 Å². The molecule has 0 aromatic heterocycles. The van der Waals surface area contributed by atoms with E-state index in [1.807, 2.05) is 24.3 Å². The van der Waals surface area contributed by atoms with E-state index in [1.54, 1.807) is 0 Å². The molecule has 0 saturated carbocycles. The number of hydrogen-bond donors (Lipinski definition) is 0. The summed E-state index contributed by atoms with van der Waals surface area (Å²) in [6, 6.07) is 8.85. The summed E-state index contributed by atoms with van der Waals surface area (Å²) in [7, 11) is 0. The van der Waals surface area contributed by atoms with Gasteiger partial charge < -0.3 is 0 Å². The molecule has 0 fully saturated rings. The van der Waals surface area contributed by atoms with Gasteiger partial charge in [-0.05, 0) is 28.3 Å². The van der Waals surface area contributed by atoms with Gasteiger partial charge in [-0.25, -0.2) is 6.57 Å². The Morgan fingerprint density at radius 3 is 1.87 bits per heavy atom. The highest BCUT2D eigenvalue weighted by Crippen LogP contribution is 2.57. The minimum atomic E-state index is -1.34. The molecule has 1 aliphatic carbocycles. The number of hydrogen-bond acceptors (Lipinski definition) is 4. The van der Waals surface area contributed by atoms with E-state index in [0.717, 1.165) is 0 Å². The normalized spacial score (nSPS) is 13.3. The minimum Gasteiger partial charge on any atom is -0.296 e. The van der Waals surface area contributed by atoms with Crippen LogP contribution in [0.25, 0.3) is 30.5 Å². The maximum absolute atomic E-state index is 9.76. The molecule has 132 valence electrons. The van der Waals surface area contributed by atoms with Crippen LogP contribution < -0.4 is 0 Å². The Morgan fingerprint density at radius 1 is 0.767 bits per heavy atom. The maximum atomic E-state index is 9.76. The van der Waals surface area contributed by atoms with Gasteiger partial charge in [-0.2, -0.15) is 21.0 Å². The van der Waals surface area contributed by atoms with E-state index in [1.165, 1.54) is 12.1 Å². The van der Waals surface area contributed by atoms with Crippen LogP contribution in [0.5, 0.6) is 0 Å². The van der Waals surface area contributed by atoms with Crippen LogP contribution in [0.3, 0.4) is 0 Å². The molecule has 0 heterocycles. The van der Waals surface area contributed by atoms with Gasteiger partial charge in [-0.1, -0.05) is 6.07 Å². The van der Waals surface area contributed by atoms with Crippen molar-refractivity contribution in [2.75, 3.05) is 0 Å². The van der Waals surface area contributed by atoms with Gasteiger partial charge in [-0.15, -0.1) is 0 Å². The Balaban J connectivity index is 2.67. The number of nitrogens with zero attached hydrogens (tertiary/aromatic N) is 8. The molecule has 3 rings (SSSR count). The fourth-order valence-electron chi connectivity index (χ4n) is 3.71. The van der Waals surface area contributed by atoms with Gasteiger partial charge in [0.1, 0.15) is 18.2 Å².